The molecule has 2 N–H and O–H groups in total. The van der Waals surface area contributed by atoms with Gasteiger partial charge in [0.1, 0.15) is 0 Å². The molecule has 1 fully saturated rings. The second-order valence-electron chi connectivity index (χ2n) is 4.41. The van der Waals surface area contributed by atoms with E-state index in [2.05, 4.69) is 0 Å². The molecule has 1 aliphatic heterocycles. The first-order valence-electron chi connectivity index (χ1n) is 5.23. The number of rotatable bonds is 2. The summed E-state index contributed by atoms with van der Waals surface area (Å²) in [5.74, 6) is 0. The van der Waals surface area contributed by atoms with Gasteiger partial charge in [-0.2, -0.15) is 4.31 Å². The quantitative estimate of drug-likeness (QED) is 0.825. The van der Waals surface area contributed by atoms with Crippen molar-refractivity contribution < 1.29 is 8.42 Å². The molecule has 1 aliphatic rings. The summed E-state index contributed by atoms with van der Waals surface area (Å²) in [6.07, 6.45) is 0. The molecule has 0 bridgehead atoms. The molecule has 16 heavy (non-hydrogen) atoms. The van der Waals surface area contributed by atoms with Crippen molar-refractivity contribution in [2.45, 2.75) is 24.8 Å². The van der Waals surface area contributed by atoms with Crippen LogP contribution in [0.3, 0.4) is 0 Å². The standard InChI is InChI=1S/C11H16N2O2S/c1-8-3-9(2)5-11(4-8)16(14,15)13-6-10(12)7-13/h3-5,10H,6-7,12H2,1-2H3. The summed E-state index contributed by atoms with van der Waals surface area (Å²) in [5.41, 5.74) is 7.52. The third kappa shape index (κ3) is 1.98. The summed E-state index contributed by atoms with van der Waals surface area (Å²) in [5, 5.41) is 0. The molecule has 88 valence electrons. The average molecular weight is 240 g/mol. The van der Waals surface area contributed by atoms with Gasteiger partial charge in [-0.3, -0.25) is 0 Å². The van der Waals surface area contributed by atoms with Crippen LogP contribution in [0.5, 0.6) is 0 Å². The Bertz CT molecular complexity index is 484. The van der Waals surface area contributed by atoms with Crippen molar-refractivity contribution in [3.8, 4) is 0 Å². The molecular formula is C11H16N2O2S. The van der Waals surface area contributed by atoms with Crippen molar-refractivity contribution >= 4 is 10.0 Å². The Labute approximate surface area is 96.1 Å². The monoisotopic (exact) mass is 240 g/mol. The van der Waals surface area contributed by atoms with E-state index in [1.165, 1.54) is 4.31 Å². The van der Waals surface area contributed by atoms with Gasteiger partial charge in [-0.15, -0.1) is 0 Å². The molecule has 0 radical (unpaired) electrons. The Hall–Kier alpha value is -0.910. The van der Waals surface area contributed by atoms with Crippen molar-refractivity contribution in [2.75, 3.05) is 13.1 Å². The number of nitrogens with zero attached hydrogens (tertiary/aromatic N) is 1. The van der Waals surface area contributed by atoms with Gasteiger partial charge in [0.15, 0.2) is 0 Å². The lowest BCUT2D eigenvalue weighted by atomic mass is 10.2. The van der Waals surface area contributed by atoms with Crippen molar-refractivity contribution in [3.63, 3.8) is 0 Å². The highest BCUT2D eigenvalue weighted by Gasteiger charge is 2.34. The topological polar surface area (TPSA) is 63.4 Å². The van der Waals surface area contributed by atoms with Crippen LogP contribution in [0.2, 0.25) is 0 Å². The number of benzene rings is 1. The fourth-order valence-electron chi connectivity index (χ4n) is 1.90. The summed E-state index contributed by atoms with van der Waals surface area (Å²) in [4.78, 5) is 0.372. The lowest BCUT2D eigenvalue weighted by molar-refractivity contribution is 0.265. The Kier molecular flexibility index (Phi) is 2.77. The second-order valence-corrected chi connectivity index (χ2v) is 6.34. The highest BCUT2D eigenvalue weighted by molar-refractivity contribution is 7.89. The summed E-state index contributed by atoms with van der Waals surface area (Å²) < 4.78 is 25.7. The maximum absolute atomic E-state index is 12.1. The van der Waals surface area contributed by atoms with Gasteiger partial charge in [0.2, 0.25) is 10.0 Å². The maximum atomic E-state index is 12.1. The van der Waals surface area contributed by atoms with Gasteiger partial charge in [0.05, 0.1) is 4.90 Å². The summed E-state index contributed by atoms with van der Waals surface area (Å²) in [6, 6.07) is 5.35. The smallest absolute Gasteiger partial charge is 0.243 e. The number of nitrogens with two attached hydrogens (primary N) is 1. The third-order valence-corrected chi connectivity index (χ3v) is 4.52. The molecule has 0 saturated carbocycles. The van der Waals surface area contributed by atoms with Gasteiger partial charge in [-0.25, -0.2) is 8.42 Å². The summed E-state index contributed by atoms with van der Waals surface area (Å²) in [6.45, 7) is 4.65. The Balaban J connectivity index is 2.36. The minimum absolute atomic E-state index is 0.0133. The Morgan fingerprint density at radius 3 is 2.12 bits per heavy atom. The van der Waals surface area contributed by atoms with Gasteiger partial charge in [0.25, 0.3) is 0 Å². The molecule has 1 aromatic carbocycles. The molecule has 0 aromatic heterocycles. The van der Waals surface area contributed by atoms with Crippen LogP contribution in [-0.2, 0) is 10.0 Å². The lowest BCUT2D eigenvalue weighted by Crippen LogP contribution is -2.57. The molecule has 0 spiro atoms. The van der Waals surface area contributed by atoms with Crippen LogP contribution in [0, 0.1) is 13.8 Å². The molecule has 0 unspecified atom stereocenters. The first-order valence-corrected chi connectivity index (χ1v) is 6.67. The average Bonchev–Trinajstić information content (AvgIpc) is 2.11. The van der Waals surface area contributed by atoms with Crippen LogP contribution in [0.1, 0.15) is 11.1 Å². The molecule has 1 aromatic rings. The predicted octanol–water partition coefficient (Wildman–Crippen LogP) is 0.635. The molecular weight excluding hydrogens is 224 g/mol. The molecule has 5 heteroatoms. The second kappa shape index (κ2) is 3.84. The van der Waals surface area contributed by atoms with Crippen LogP contribution in [0.25, 0.3) is 0 Å². The fourth-order valence-corrected chi connectivity index (χ4v) is 3.64. The van der Waals surface area contributed by atoms with E-state index < -0.39 is 10.0 Å². The van der Waals surface area contributed by atoms with Crippen LogP contribution in [-0.4, -0.2) is 31.9 Å². The normalized spacial score (nSPS) is 18.4. The highest BCUT2D eigenvalue weighted by atomic mass is 32.2. The van der Waals surface area contributed by atoms with Crippen LogP contribution in [0.4, 0.5) is 0 Å². The molecule has 0 atom stereocenters. The van der Waals surface area contributed by atoms with Gasteiger partial charge < -0.3 is 5.73 Å². The van der Waals surface area contributed by atoms with Crippen molar-refractivity contribution in [1.29, 1.82) is 0 Å². The predicted molar refractivity (Wildman–Crippen MR) is 62.7 cm³/mol. The molecule has 1 heterocycles. The number of aryl methyl sites for hydroxylation is 2. The van der Waals surface area contributed by atoms with E-state index in [1.807, 2.05) is 19.9 Å². The third-order valence-electron chi connectivity index (χ3n) is 2.71. The minimum Gasteiger partial charge on any atom is -0.325 e. The van der Waals surface area contributed by atoms with E-state index in [1.54, 1.807) is 12.1 Å². The van der Waals surface area contributed by atoms with Crippen LogP contribution >= 0.6 is 0 Å². The molecule has 2 rings (SSSR count). The number of hydrogen-bond donors (Lipinski definition) is 1. The van der Waals surface area contributed by atoms with E-state index in [-0.39, 0.29) is 6.04 Å². The Morgan fingerprint density at radius 2 is 1.69 bits per heavy atom. The molecule has 4 nitrogen and oxygen atoms in total. The first-order chi connectivity index (χ1) is 7.39. The van der Waals surface area contributed by atoms with Crippen molar-refractivity contribution in [2.24, 2.45) is 5.73 Å². The van der Waals surface area contributed by atoms with Gasteiger partial charge >= 0.3 is 0 Å². The minimum atomic E-state index is -3.33. The van der Waals surface area contributed by atoms with E-state index in [0.29, 0.717) is 18.0 Å². The maximum Gasteiger partial charge on any atom is 0.243 e. The Morgan fingerprint density at radius 1 is 1.19 bits per heavy atom. The summed E-state index contributed by atoms with van der Waals surface area (Å²) in [7, 11) is -3.33. The van der Waals surface area contributed by atoms with Gasteiger partial charge in [-0.1, -0.05) is 6.07 Å². The zero-order valence-electron chi connectivity index (χ0n) is 9.47. The van der Waals surface area contributed by atoms with Crippen LogP contribution < -0.4 is 5.73 Å². The zero-order valence-corrected chi connectivity index (χ0v) is 10.3. The van der Waals surface area contributed by atoms with Gasteiger partial charge in [0, 0.05) is 19.1 Å². The van der Waals surface area contributed by atoms with Crippen molar-refractivity contribution in [1.82, 2.24) is 4.31 Å². The fraction of sp³-hybridized carbons (Fsp3) is 0.455. The lowest BCUT2D eigenvalue weighted by Gasteiger charge is -2.35. The summed E-state index contributed by atoms with van der Waals surface area (Å²) >= 11 is 0. The zero-order chi connectivity index (χ0) is 11.9. The molecule has 1 saturated heterocycles. The largest absolute Gasteiger partial charge is 0.325 e. The number of sulfonamides is 1. The molecule has 0 aliphatic carbocycles. The van der Waals surface area contributed by atoms with E-state index in [4.69, 9.17) is 5.73 Å². The van der Waals surface area contributed by atoms with E-state index in [0.717, 1.165) is 11.1 Å². The SMILES string of the molecule is Cc1cc(C)cc(S(=O)(=O)N2CC(N)C2)c1. The van der Waals surface area contributed by atoms with Gasteiger partial charge in [-0.05, 0) is 37.1 Å². The highest BCUT2D eigenvalue weighted by Crippen LogP contribution is 2.22. The molecule has 0 amide bonds. The van der Waals surface area contributed by atoms with Crippen molar-refractivity contribution in [3.05, 3.63) is 29.3 Å². The number of hydrogen-bond acceptors (Lipinski definition) is 3. The van der Waals surface area contributed by atoms with E-state index in [9.17, 15) is 8.42 Å². The van der Waals surface area contributed by atoms with Crippen LogP contribution in [0.15, 0.2) is 23.1 Å². The van der Waals surface area contributed by atoms with E-state index >= 15 is 0 Å². The first kappa shape index (κ1) is 11.6.